The molecule has 0 radical (unpaired) electrons. The Morgan fingerprint density at radius 2 is 2.31 bits per heavy atom. The van der Waals surface area contributed by atoms with E-state index in [1.807, 2.05) is 11.8 Å². The van der Waals surface area contributed by atoms with Crippen LogP contribution in [0.4, 0.5) is 0 Å². The summed E-state index contributed by atoms with van der Waals surface area (Å²) in [6, 6.07) is 8.59. The largest absolute Gasteiger partial charge is 0.372 e. The number of alkyl halides is 1. The van der Waals surface area contributed by atoms with Crippen LogP contribution in [-0.2, 0) is 11.2 Å². The van der Waals surface area contributed by atoms with Crippen molar-refractivity contribution in [2.45, 2.75) is 24.7 Å². The molecule has 0 N–H and O–H groups in total. The highest BCUT2D eigenvalue weighted by molar-refractivity contribution is 8.00. The second-order valence-corrected chi connectivity index (χ2v) is 5.89. The van der Waals surface area contributed by atoms with Crippen LogP contribution in [0, 0.1) is 0 Å². The first-order valence-electron chi connectivity index (χ1n) is 5.68. The Morgan fingerprint density at radius 3 is 3.12 bits per heavy atom. The predicted molar refractivity (Wildman–Crippen MR) is 71.5 cm³/mol. The van der Waals surface area contributed by atoms with E-state index < -0.39 is 0 Å². The molecule has 1 aliphatic rings. The van der Waals surface area contributed by atoms with Crippen molar-refractivity contribution in [1.29, 1.82) is 0 Å². The fraction of sp³-hybridized carbons (Fsp3) is 0.538. The van der Waals surface area contributed by atoms with Gasteiger partial charge in [-0.15, -0.1) is 11.6 Å². The quantitative estimate of drug-likeness (QED) is 0.761. The van der Waals surface area contributed by atoms with Gasteiger partial charge in [0.1, 0.15) is 0 Å². The van der Waals surface area contributed by atoms with E-state index in [-0.39, 0.29) is 6.10 Å². The topological polar surface area (TPSA) is 9.23 Å². The van der Waals surface area contributed by atoms with Crippen LogP contribution in [0.5, 0.6) is 0 Å². The van der Waals surface area contributed by atoms with Gasteiger partial charge in [-0.3, -0.25) is 0 Å². The molecule has 1 heterocycles. The fourth-order valence-electron chi connectivity index (χ4n) is 1.91. The predicted octanol–water partition coefficient (Wildman–Crippen LogP) is 3.66. The summed E-state index contributed by atoms with van der Waals surface area (Å²) < 4.78 is 5.84. The summed E-state index contributed by atoms with van der Waals surface area (Å²) in [5, 5.41) is 0.499. The van der Waals surface area contributed by atoms with E-state index in [0.29, 0.717) is 11.1 Å². The molecule has 2 unspecified atom stereocenters. The molecule has 1 aromatic carbocycles. The summed E-state index contributed by atoms with van der Waals surface area (Å²) >= 11 is 7.70. The average molecular weight is 257 g/mol. The lowest BCUT2D eigenvalue weighted by molar-refractivity contribution is 0.0587. The first kappa shape index (κ1) is 12.3. The number of rotatable bonds is 4. The number of benzene rings is 1. The molecule has 16 heavy (non-hydrogen) atoms. The zero-order chi connectivity index (χ0) is 11.4. The van der Waals surface area contributed by atoms with E-state index in [1.165, 1.54) is 11.1 Å². The van der Waals surface area contributed by atoms with Gasteiger partial charge in [0.05, 0.1) is 12.7 Å². The van der Waals surface area contributed by atoms with E-state index in [9.17, 15) is 0 Å². The minimum atomic E-state index is 0.251. The highest BCUT2D eigenvalue weighted by Gasteiger charge is 2.20. The van der Waals surface area contributed by atoms with Crippen molar-refractivity contribution in [2.24, 2.45) is 0 Å². The van der Waals surface area contributed by atoms with Crippen molar-refractivity contribution in [1.82, 2.24) is 0 Å². The summed E-state index contributed by atoms with van der Waals surface area (Å²) in [6.45, 7) is 3.00. The Kier molecular flexibility index (Phi) is 4.56. The van der Waals surface area contributed by atoms with Gasteiger partial charge in [-0.1, -0.05) is 31.2 Å². The number of thioether (sulfide) groups is 1. The van der Waals surface area contributed by atoms with Gasteiger partial charge in [0.25, 0.3) is 0 Å². The maximum Gasteiger partial charge on any atom is 0.0918 e. The zero-order valence-electron chi connectivity index (χ0n) is 9.49. The van der Waals surface area contributed by atoms with E-state index in [1.54, 1.807) is 0 Å². The van der Waals surface area contributed by atoms with Crippen LogP contribution in [0.2, 0.25) is 0 Å². The van der Waals surface area contributed by atoms with Gasteiger partial charge in [0, 0.05) is 16.9 Å². The monoisotopic (exact) mass is 256 g/mol. The van der Waals surface area contributed by atoms with Gasteiger partial charge < -0.3 is 4.74 Å². The van der Waals surface area contributed by atoms with Gasteiger partial charge in [0.2, 0.25) is 0 Å². The van der Waals surface area contributed by atoms with E-state index in [4.69, 9.17) is 16.3 Å². The minimum absolute atomic E-state index is 0.251. The molecule has 1 nitrogen and oxygen atoms in total. The first-order valence-corrected chi connectivity index (χ1v) is 7.26. The number of fused-ring (bicyclic) bond motifs is 1. The molecule has 3 heteroatoms. The number of hydrogen-bond acceptors (Lipinski definition) is 2. The van der Waals surface area contributed by atoms with Crippen LogP contribution in [-0.4, -0.2) is 23.5 Å². The Bertz CT molecular complexity index is 342. The Morgan fingerprint density at radius 1 is 1.50 bits per heavy atom. The smallest absolute Gasteiger partial charge is 0.0918 e. The SMILES string of the molecule is CC(CCl)SCC1OCCc2ccccc21. The molecule has 0 aromatic heterocycles. The molecule has 0 fully saturated rings. The van der Waals surface area contributed by atoms with Crippen molar-refractivity contribution >= 4 is 23.4 Å². The van der Waals surface area contributed by atoms with Gasteiger partial charge in [-0.2, -0.15) is 11.8 Å². The molecular weight excluding hydrogens is 240 g/mol. The van der Waals surface area contributed by atoms with Crippen molar-refractivity contribution in [3.8, 4) is 0 Å². The average Bonchev–Trinajstić information content (AvgIpc) is 2.35. The van der Waals surface area contributed by atoms with E-state index in [2.05, 4.69) is 31.2 Å². The summed E-state index contributed by atoms with van der Waals surface area (Å²) in [4.78, 5) is 0. The third kappa shape index (κ3) is 2.93. The third-order valence-electron chi connectivity index (χ3n) is 2.84. The van der Waals surface area contributed by atoms with E-state index in [0.717, 1.165) is 18.8 Å². The normalized spacial score (nSPS) is 21.5. The standard InChI is InChI=1S/C13H17ClOS/c1-10(8-14)16-9-13-12-5-3-2-4-11(12)6-7-15-13/h2-5,10,13H,6-9H2,1H3. The van der Waals surface area contributed by atoms with Crippen molar-refractivity contribution in [2.75, 3.05) is 18.2 Å². The second kappa shape index (κ2) is 5.95. The van der Waals surface area contributed by atoms with Crippen LogP contribution < -0.4 is 0 Å². The molecule has 1 aliphatic heterocycles. The lowest BCUT2D eigenvalue weighted by Crippen LogP contribution is -2.19. The van der Waals surface area contributed by atoms with Gasteiger partial charge >= 0.3 is 0 Å². The molecule has 0 saturated carbocycles. The Balaban J connectivity index is 2.01. The summed E-state index contributed by atoms with van der Waals surface area (Å²) in [5.41, 5.74) is 2.81. The maximum atomic E-state index is 5.84. The lowest BCUT2D eigenvalue weighted by atomic mass is 9.99. The Labute approximate surface area is 107 Å². The second-order valence-electron chi connectivity index (χ2n) is 4.11. The zero-order valence-corrected chi connectivity index (χ0v) is 11.1. The molecule has 0 bridgehead atoms. The van der Waals surface area contributed by atoms with Crippen molar-refractivity contribution < 1.29 is 4.74 Å². The van der Waals surface area contributed by atoms with Crippen LogP contribution in [0.15, 0.2) is 24.3 Å². The first-order chi connectivity index (χ1) is 7.81. The summed E-state index contributed by atoms with van der Waals surface area (Å²) in [5.74, 6) is 1.71. The molecule has 0 spiro atoms. The number of ether oxygens (including phenoxy) is 1. The summed E-state index contributed by atoms with van der Waals surface area (Å²) in [6.07, 6.45) is 1.29. The number of hydrogen-bond donors (Lipinski definition) is 0. The lowest BCUT2D eigenvalue weighted by Gasteiger charge is -2.26. The van der Waals surface area contributed by atoms with Crippen LogP contribution in [0.3, 0.4) is 0 Å². The van der Waals surface area contributed by atoms with Crippen molar-refractivity contribution in [3.63, 3.8) is 0 Å². The van der Waals surface area contributed by atoms with Gasteiger partial charge in [0.15, 0.2) is 0 Å². The van der Waals surface area contributed by atoms with Crippen LogP contribution >= 0.6 is 23.4 Å². The third-order valence-corrected chi connectivity index (χ3v) is 4.72. The molecule has 2 atom stereocenters. The minimum Gasteiger partial charge on any atom is -0.372 e. The molecule has 0 aliphatic carbocycles. The highest BCUT2D eigenvalue weighted by Crippen LogP contribution is 2.30. The number of halogens is 1. The molecule has 0 amide bonds. The molecular formula is C13H17ClOS. The summed E-state index contributed by atoms with van der Waals surface area (Å²) in [7, 11) is 0. The highest BCUT2D eigenvalue weighted by atomic mass is 35.5. The Hall–Kier alpha value is -0.180. The maximum absolute atomic E-state index is 5.84. The molecule has 2 rings (SSSR count). The van der Waals surface area contributed by atoms with E-state index >= 15 is 0 Å². The van der Waals surface area contributed by atoms with Crippen LogP contribution in [0.1, 0.15) is 24.2 Å². The van der Waals surface area contributed by atoms with Crippen LogP contribution in [0.25, 0.3) is 0 Å². The molecule has 1 aromatic rings. The fourth-order valence-corrected chi connectivity index (χ4v) is 3.05. The molecule has 88 valence electrons. The molecule has 0 saturated heterocycles. The van der Waals surface area contributed by atoms with Crippen molar-refractivity contribution in [3.05, 3.63) is 35.4 Å². The van der Waals surface area contributed by atoms with Gasteiger partial charge in [-0.25, -0.2) is 0 Å². The van der Waals surface area contributed by atoms with Gasteiger partial charge in [-0.05, 0) is 17.5 Å².